The van der Waals surface area contributed by atoms with Crippen LogP contribution in [0, 0.1) is 12.7 Å². The summed E-state index contributed by atoms with van der Waals surface area (Å²) in [5.41, 5.74) is 1.29. The van der Waals surface area contributed by atoms with Gasteiger partial charge in [-0.05, 0) is 43.7 Å². The van der Waals surface area contributed by atoms with Gasteiger partial charge in [0.1, 0.15) is 11.9 Å². The van der Waals surface area contributed by atoms with Crippen molar-refractivity contribution in [3.63, 3.8) is 0 Å². The maximum atomic E-state index is 13.6. The Morgan fingerprint density at radius 3 is 2.21 bits per heavy atom. The zero-order valence-electron chi connectivity index (χ0n) is 13.2. The molecule has 0 saturated carbocycles. The molecule has 1 aliphatic heterocycles. The fraction of sp³-hybridized carbons (Fsp3) is 0.167. The first-order chi connectivity index (χ1) is 11.4. The van der Waals surface area contributed by atoms with Crippen molar-refractivity contribution in [2.75, 3.05) is 5.32 Å². The highest BCUT2D eigenvalue weighted by atomic mass is 19.1. The summed E-state index contributed by atoms with van der Waals surface area (Å²) in [5, 5.41) is 2.53. The Hall–Kier alpha value is -3.02. The zero-order chi connectivity index (χ0) is 17.4. The lowest BCUT2D eigenvalue weighted by atomic mass is 10.1. The van der Waals surface area contributed by atoms with E-state index in [0.29, 0.717) is 5.56 Å². The normalized spacial score (nSPS) is 14.5. The number of nitrogens with one attached hydrogen (secondary N) is 1. The monoisotopic (exact) mass is 326 g/mol. The number of anilines is 1. The first-order valence-electron chi connectivity index (χ1n) is 7.44. The number of carbonyl (C=O) groups excluding carboxylic acids is 3. The van der Waals surface area contributed by atoms with E-state index in [0.717, 1.165) is 4.90 Å². The van der Waals surface area contributed by atoms with E-state index in [9.17, 15) is 18.8 Å². The molecule has 0 spiro atoms. The molecular weight excluding hydrogens is 311 g/mol. The summed E-state index contributed by atoms with van der Waals surface area (Å²) in [4.78, 5) is 38.0. The van der Waals surface area contributed by atoms with Crippen LogP contribution in [0.25, 0.3) is 0 Å². The molecule has 0 aromatic heterocycles. The number of nitrogens with zero attached hydrogens (tertiary/aromatic N) is 1. The van der Waals surface area contributed by atoms with Crippen molar-refractivity contribution in [2.45, 2.75) is 19.9 Å². The average molecular weight is 326 g/mol. The second-order valence-electron chi connectivity index (χ2n) is 5.66. The zero-order valence-corrected chi connectivity index (χ0v) is 13.2. The van der Waals surface area contributed by atoms with Crippen LogP contribution in [0.3, 0.4) is 0 Å². The minimum absolute atomic E-state index is 0.270. The van der Waals surface area contributed by atoms with E-state index in [1.165, 1.54) is 19.1 Å². The van der Waals surface area contributed by atoms with Crippen molar-refractivity contribution in [2.24, 2.45) is 0 Å². The molecule has 1 N–H and O–H groups in total. The number of amides is 3. The van der Waals surface area contributed by atoms with Crippen molar-refractivity contribution >= 4 is 23.4 Å². The second-order valence-corrected chi connectivity index (χ2v) is 5.66. The Morgan fingerprint density at radius 2 is 1.67 bits per heavy atom. The molecule has 0 unspecified atom stereocenters. The number of benzene rings is 2. The number of fused-ring (bicyclic) bond motifs is 1. The van der Waals surface area contributed by atoms with Gasteiger partial charge in [0, 0.05) is 5.69 Å². The predicted molar refractivity (Wildman–Crippen MR) is 86.2 cm³/mol. The van der Waals surface area contributed by atoms with Gasteiger partial charge in [0.2, 0.25) is 5.91 Å². The molecule has 6 heteroatoms. The van der Waals surface area contributed by atoms with Crippen molar-refractivity contribution in [3.8, 4) is 0 Å². The lowest BCUT2D eigenvalue weighted by Crippen LogP contribution is -2.45. The van der Waals surface area contributed by atoms with Gasteiger partial charge in [-0.2, -0.15) is 0 Å². The number of carbonyl (C=O) groups is 3. The largest absolute Gasteiger partial charge is 0.324 e. The molecule has 2 aromatic carbocycles. The molecular formula is C18H15FN2O3. The third-order valence-corrected chi connectivity index (χ3v) is 4.03. The Bertz CT molecular complexity index is 828. The number of hydrogen-bond acceptors (Lipinski definition) is 3. The van der Waals surface area contributed by atoms with Crippen LogP contribution in [0.1, 0.15) is 33.2 Å². The van der Waals surface area contributed by atoms with Crippen LogP contribution in [0.5, 0.6) is 0 Å². The first kappa shape index (κ1) is 15.9. The number of halogens is 1. The van der Waals surface area contributed by atoms with Crippen LogP contribution in [0.15, 0.2) is 42.5 Å². The molecule has 3 rings (SSSR count). The van der Waals surface area contributed by atoms with E-state index in [1.54, 1.807) is 37.3 Å². The summed E-state index contributed by atoms with van der Waals surface area (Å²) in [6.45, 7) is 3.07. The molecule has 24 heavy (non-hydrogen) atoms. The summed E-state index contributed by atoms with van der Waals surface area (Å²) in [6.07, 6.45) is 0. The van der Waals surface area contributed by atoms with Crippen LogP contribution in [0.4, 0.5) is 10.1 Å². The van der Waals surface area contributed by atoms with Gasteiger partial charge in [0.15, 0.2) is 0 Å². The maximum Gasteiger partial charge on any atom is 0.262 e. The fourth-order valence-corrected chi connectivity index (χ4v) is 2.59. The third-order valence-electron chi connectivity index (χ3n) is 4.03. The van der Waals surface area contributed by atoms with Gasteiger partial charge < -0.3 is 5.32 Å². The van der Waals surface area contributed by atoms with Crippen molar-refractivity contribution in [3.05, 3.63) is 65.0 Å². The summed E-state index contributed by atoms with van der Waals surface area (Å²) < 4.78 is 13.6. The van der Waals surface area contributed by atoms with Gasteiger partial charge in [-0.3, -0.25) is 19.3 Å². The topological polar surface area (TPSA) is 66.5 Å². The molecule has 0 bridgehead atoms. The minimum atomic E-state index is -1.01. The molecule has 1 atom stereocenters. The summed E-state index contributed by atoms with van der Waals surface area (Å²) in [6, 6.07) is 9.71. The molecule has 0 saturated heterocycles. The van der Waals surface area contributed by atoms with Gasteiger partial charge in [-0.15, -0.1) is 0 Å². The minimum Gasteiger partial charge on any atom is -0.324 e. The third kappa shape index (κ3) is 2.56. The molecule has 0 radical (unpaired) electrons. The van der Waals surface area contributed by atoms with Gasteiger partial charge in [0.25, 0.3) is 11.8 Å². The lowest BCUT2D eigenvalue weighted by Gasteiger charge is -2.21. The molecule has 0 aliphatic carbocycles. The molecule has 1 heterocycles. The smallest absolute Gasteiger partial charge is 0.262 e. The summed E-state index contributed by atoms with van der Waals surface area (Å²) in [5.74, 6) is -2.02. The van der Waals surface area contributed by atoms with E-state index >= 15 is 0 Å². The van der Waals surface area contributed by atoms with Gasteiger partial charge >= 0.3 is 0 Å². The Labute approximate surface area is 138 Å². The number of rotatable bonds is 3. The molecule has 5 nitrogen and oxygen atoms in total. The van der Waals surface area contributed by atoms with Crippen molar-refractivity contribution in [1.29, 1.82) is 0 Å². The molecule has 1 aliphatic rings. The van der Waals surface area contributed by atoms with E-state index in [1.807, 2.05) is 0 Å². The molecule has 2 aromatic rings. The number of imide groups is 1. The van der Waals surface area contributed by atoms with E-state index in [2.05, 4.69) is 5.32 Å². The number of hydrogen-bond donors (Lipinski definition) is 1. The van der Waals surface area contributed by atoms with Crippen LogP contribution < -0.4 is 5.32 Å². The predicted octanol–water partition coefficient (Wildman–Crippen LogP) is 2.76. The Balaban J connectivity index is 1.80. The van der Waals surface area contributed by atoms with Gasteiger partial charge in [-0.1, -0.05) is 18.2 Å². The molecule has 122 valence electrons. The van der Waals surface area contributed by atoms with Crippen LogP contribution >= 0.6 is 0 Å². The Kier molecular flexibility index (Phi) is 3.89. The lowest BCUT2D eigenvalue weighted by molar-refractivity contribution is -0.119. The first-order valence-corrected chi connectivity index (χ1v) is 7.44. The summed E-state index contributed by atoms with van der Waals surface area (Å²) in [7, 11) is 0. The van der Waals surface area contributed by atoms with E-state index < -0.39 is 29.6 Å². The highest BCUT2D eigenvalue weighted by Gasteiger charge is 2.40. The Morgan fingerprint density at radius 1 is 1.08 bits per heavy atom. The highest BCUT2D eigenvalue weighted by molar-refractivity contribution is 6.23. The fourth-order valence-electron chi connectivity index (χ4n) is 2.59. The van der Waals surface area contributed by atoms with Crippen LogP contribution in [-0.2, 0) is 4.79 Å². The van der Waals surface area contributed by atoms with Crippen LogP contribution in [0.2, 0.25) is 0 Å². The average Bonchev–Trinajstić information content (AvgIpc) is 2.82. The van der Waals surface area contributed by atoms with E-state index in [-0.39, 0.29) is 16.8 Å². The highest BCUT2D eigenvalue weighted by Crippen LogP contribution is 2.25. The second kappa shape index (κ2) is 5.88. The quantitative estimate of drug-likeness (QED) is 0.882. The van der Waals surface area contributed by atoms with Crippen molar-refractivity contribution in [1.82, 2.24) is 4.90 Å². The van der Waals surface area contributed by atoms with Gasteiger partial charge in [-0.25, -0.2) is 4.39 Å². The standard InChI is InChI=1S/C18H15FN2O3/c1-10-7-8-12(9-15(10)19)20-16(22)11(2)21-17(23)13-5-3-4-6-14(13)18(21)24/h3-9,11H,1-2H3,(H,20,22)/t11-/m1/s1. The number of aryl methyl sites for hydroxylation is 1. The molecule has 3 amide bonds. The molecule has 0 fully saturated rings. The van der Waals surface area contributed by atoms with Crippen LogP contribution in [-0.4, -0.2) is 28.7 Å². The van der Waals surface area contributed by atoms with Crippen molar-refractivity contribution < 1.29 is 18.8 Å². The van der Waals surface area contributed by atoms with Gasteiger partial charge in [0.05, 0.1) is 11.1 Å². The SMILES string of the molecule is Cc1ccc(NC(=O)[C@@H](C)N2C(=O)c3ccccc3C2=O)cc1F. The summed E-state index contributed by atoms with van der Waals surface area (Å²) >= 11 is 0. The van der Waals surface area contributed by atoms with E-state index in [4.69, 9.17) is 0 Å². The maximum absolute atomic E-state index is 13.6.